The summed E-state index contributed by atoms with van der Waals surface area (Å²) in [7, 11) is 3.11. The Morgan fingerprint density at radius 2 is 1.56 bits per heavy atom. The molecule has 0 spiro atoms. The van der Waals surface area contributed by atoms with Crippen LogP contribution >= 0.6 is 0 Å². The SMILES string of the molecule is COc1cc2nccc(Nc3ccc(NC(=O)Oc4nn(C(C)C)c(=O)n(-c5ccc(F)cc5)c4=O)cc3)c2cc1OC. The highest BCUT2D eigenvalue weighted by Gasteiger charge is 2.20. The van der Waals surface area contributed by atoms with Crippen molar-refractivity contribution in [3.8, 4) is 23.1 Å². The van der Waals surface area contributed by atoms with E-state index in [2.05, 4.69) is 20.7 Å². The number of nitrogens with one attached hydrogen (secondary N) is 2. The number of pyridine rings is 1. The lowest BCUT2D eigenvalue weighted by molar-refractivity contribution is 0.210. The third-order valence-corrected chi connectivity index (χ3v) is 6.39. The molecular formula is C30H27FN6O6. The Hall–Kier alpha value is -5.72. The van der Waals surface area contributed by atoms with Crippen molar-refractivity contribution < 1.29 is 23.4 Å². The van der Waals surface area contributed by atoms with E-state index in [0.29, 0.717) is 28.4 Å². The Morgan fingerprint density at radius 1 is 0.907 bits per heavy atom. The lowest BCUT2D eigenvalue weighted by Crippen LogP contribution is -2.42. The molecule has 0 atom stereocenters. The van der Waals surface area contributed by atoms with E-state index in [4.69, 9.17) is 14.2 Å². The van der Waals surface area contributed by atoms with Gasteiger partial charge in [0.15, 0.2) is 11.5 Å². The summed E-state index contributed by atoms with van der Waals surface area (Å²) in [6.45, 7) is 3.35. The Morgan fingerprint density at radius 3 is 2.21 bits per heavy atom. The van der Waals surface area contributed by atoms with Gasteiger partial charge in [0.2, 0.25) is 0 Å². The molecule has 0 aliphatic rings. The summed E-state index contributed by atoms with van der Waals surface area (Å²) in [5.41, 5.74) is 0.936. The van der Waals surface area contributed by atoms with Gasteiger partial charge in [0.25, 0.3) is 0 Å². The minimum atomic E-state index is -0.994. The molecule has 43 heavy (non-hydrogen) atoms. The lowest BCUT2D eigenvalue weighted by Gasteiger charge is -2.14. The van der Waals surface area contributed by atoms with Gasteiger partial charge >= 0.3 is 23.2 Å². The highest BCUT2D eigenvalue weighted by molar-refractivity contribution is 5.95. The average Bonchev–Trinajstić information content (AvgIpc) is 2.99. The number of carbonyl (C=O) groups excluding carboxylic acids is 1. The van der Waals surface area contributed by atoms with Crippen LogP contribution in [0, 0.1) is 5.82 Å². The minimum absolute atomic E-state index is 0.0982. The molecule has 3 aromatic carbocycles. The summed E-state index contributed by atoms with van der Waals surface area (Å²) in [6, 6.07) is 16.5. The van der Waals surface area contributed by atoms with Gasteiger partial charge in [0.05, 0.1) is 31.5 Å². The van der Waals surface area contributed by atoms with Gasteiger partial charge in [0, 0.05) is 34.7 Å². The normalized spacial score (nSPS) is 10.9. The van der Waals surface area contributed by atoms with Gasteiger partial charge < -0.3 is 19.5 Å². The smallest absolute Gasteiger partial charge is 0.418 e. The van der Waals surface area contributed by atoms with Crippen LogP contribution in [-0.4, -0.2) is 39.6 Å². The van der Waals surface area contributed by atoms with E-state index >= 15 is 0 Å². The molecule has 12 nitrogen and oxygen atoms in total. The van der Waals surface area contributed by atoms with Crippen LogP contribution in [0.1, 0.15) is 19.9 Å². The van der Waals surface area contributed by atoms with Crippen molar-refractivity contribution in [2.45, 2.75) is 19.9 Å². The topological polar surface area (TPSA) is 139 Å². The Balaban J connectivity index is 1.35. The molecule has 0 unspecified atom stereocenters. The van der Waals surface area contributed by atoms with Crippen LogP contribution in [0.5, 0.6) is 17.4 Å². The number of halogens is 1. The van der Waals surface area contributed by atoms with Crippen LogP contribution in [0.25, 0.3) is 16.6 Å². The predicted molar refractivity (Wildman–Crippen MR) is 159 cm³/mol. The van der Waals surface area contributed by atoms with Crippen LogP contribution in [0.3, 0.4) is 0 Å². The highest BCUT2D eigenvalue weighted by Crippen LogP contribution is 2.35. The van der Waals surface area contributed by atoms with Crippen molar-refractivity contribution in [1.82, 2.24) is 19.3 Å². The zero-order valence-corrected chi connectivity index (χ0v) is 23.6. The van der Waals surface area contributed by atoms with Crippen molar-refractivity contribution >= 4 is 34.1 Å². The molecule has 13 heteroatoms. The quantitative estimate of drug-likeness (QED) is 0.256. The van der Waals surface area contributed by atoms with E-state index in [-0.39, 0.29) is 5.69 Å². The molecule has 0 bridgehead atoms. The van der Waals surface area contributed by atoms with Gasteiger partial charge in [-0.05, 0) is 74.5 Å². The number of amides is 1. The number of hydrogen-bond donors (Lipinski definition) is 2. The second-order valence-corrected chi connectivity index (χ2v) is 9.54. The van der Waals surface area contributed by atoms with Gasteiger partial charge in [-0.3, -0.25) is 15.1 Å². The minimum Gasteiger partial charge on any atom is -0.493 e. The van der Waals surface area contributed by atoms with Crippen molar-refractivity contribution in [2.24, 2.45) is 0 Å². The zero-order valence-electron chi connectivity index (χ0n) is 23.6. The molecule has 5 rings (SSSR count). The number of aromatic nitrogens is 4. The molecule has 0 saturated carbocycles. The molecule has 0 aliphatic heterocycles. The summed E-state index contributed by atoms with van der Waals surface area (Å²) < 4.78 is 31.2. The van der Waals surface area contributed by atoms with Gasteiger partial charge in [-0.2, -0.15) is 0 Å². The maximum absolute atomic E-state index is 13.4. The fraction of sp³-hybridized carbons (Fsp3) is 0.167. The number of ether oxygens (including phenoxy) is 3. The fourth-order valence-corrected chi connectivity index (χ4v) is 4.29. The summed E-state index contributed by atoms with van der Waals surface area (Å²) in [5, 5.41) is 10.6. The van der Waals surface area contributed by atoms with Crippen molar-refractivity contribution in [3.05, 3.63) is 99.6 Å². The van der Waals surface area contributed by atoms with E-state index in [1.165, 1.54) is 12.1 Å². The Kier molecular flexibility index (Phi) is 8.05. The Labute approximate surface area is 244 Å². The molecule has 0 fully saturated rings. The predicted octanol–water partition coefficient (Wildman–Crippen LogP) is 5.03. The van der Waals surface area contributed by atoms with Crippen molar-refractivity contribution in [2.75, 3.05) is 24.9 Å². The molecule has 0 radical (unpaired) electrons. The summed E-state index contributed by atoms with van der Waals surface area (Å²) in [6.07, 6.45) is 0.675. The van der Waals surface area contributed by atoms with Crippen molar-refractivity contribution in [1.29, 1.82) is 0 Å². The second kappa shape index (κ2) is 12.0. The third-order valence-electron chi connectivity index (χ3n) is 6.39. The molecule has 2 aromatic heterocycles. The second-order valence-electron chi connectivity index (χ2n) is 9.54. The van der Waals surface area contributed by atoms with Crippen LogP contribution < -0.4 is 36.1 Å². The summed E-state index contributed by atoms with van der Waals surface area (Å²) in [5.74, 6) is -0.0338. The molecular weight excluding hydrogens is 559 g/mol. The molecule has 2 N–H and O–H groups in total. The third kappa shape index (κ3) is 6.00. The first-order valence-corrected chi connectivity index (χ1v) is 13.1. The molecule has 0 aliphatic carbocycles. The average molecular weight is 587 g/mol. The van der Waals surface area contributed by atoms with Gasteiger partial charge in [-0.25, -0.2) is 23.2 Å². The molecule has 1 amide bonds. The standard InChI is InChI=1S/C30H27FN6O6/c1-17(2)37-30(40)36(21-11-5-18(31)6-12-21)28(38)27(35-37)43-29(39)34-20-9-7-19(8-10-20)33-23-13-14-32-24-16-26(42-4)25(41-3)15-22(23)24/h5-17H,1-4H3,(H,32,33)(H,34,39). The number of carbonyl (C=O) groups is 1. The first-order chi connectivity index (χ1) is 20.7. The maximum atomic E-state index is 13.4. The van der Waals surface area contributed by atoms with Crippen LogP contribution in [0.4, 0.5) is 26.2 Å². The van der Waals surface area contributed by atoms with Gasteiger partial charge in [0.1, 0.15) is 5.82 Å². The summed E-state index contributed by atoms with van der Waals surface area (Å²) in [4.78, 5) is 43.1. The van der Waals surface area contributed by atoms with E-state index < -0.39 is 35.1 Å². The molecule has 220 valence electrons. The van der Waals surface area contributed by atoms with E-state index in [9.17, 15) is 18.8 Å². The number of methoxy groups -OCH3 is 2. The number of rotatable bonds is 8. The van der Waals surface area contributed by atoms with Gasteiger partial charge in [-0.1, -0.05) is 0 Å². The van der Waals surface area contributed by atoms with E-state index in [1.807, 2.05) is 12.1 Å². The number of benzene rings is 3. The number of anilines is 3. The van der Waals surface area contributed by atoms with Gasteiger partial charge in [-0.15, -0.1) is 5.10 Å². The van der Waals surface area contributed by atoms with Crippen LogP contribution in [0.15, 0.2) is 82.5 Å². The number of hydrogen-bond acceptors (Lipinski definition) is 9. The number of fused-ring (bicyclic) bond motifs is 1. The lowest BCUT2D eigenvalue weighted by atomic mass is 10.1. The van der Waals surface area contributed by atoms with Crippen LogP contribution in [-0.2, 0) is 0 Å². The fourth-order valence-electron chi connectivity index (χ4n) is 4.29. The first-order valence-electron chi connectivity index (χ1n) is 13.1. The molecule has 0 saturated heterocycles. The van der Waals surface area contributed by atoms with Crippen LogP contribution in [0.2, 0.25) is 0 Å². The largest absolute Gasteiger partial charge is 0.493 e. The van der Waals surface area contributed by atoms with Crippen molar-refractivity contribution in [3.63, 3.8) is 0 Å². The monoisotopic (exact) mass is 586 g/mol. The zero-order chi connectivity index (χ0) is 30.7. The highest BCUT2D eigenvalue weighted by atomic mass is 19.1. The summed E-state index contributed by atoms with van der Waals surface area (Å²) >= 11 is 0. The number of nitrogens with zero attached hydrogens (tertiary/aromatic N) is 4. The maximum Gasteiger partial charge on any atom is 0.418 e. The Bertz CT molecular complexity index is 1920. The van der Waals surface area contributed by atoms with E-state index in [0.717, 1.165) is 32.5 Å². The molecule has 2 heterocycles. The molecule has 5 aromatic rings. The van der Waals surface area contributed by atoms with E-state index in [1.54, 1.807) is 64.6 Å². The first kappa shape index (κ1) is 28.8.